The summed E-state index contributed by atoms with van der Waals surface area (Å²) in [5, 5.41) is 0.236. The van der Waals surface area contributed by atoms with E-state index in [4.69, 9.17) is 4.42 Å². The fraction of sp³-hybridized carbons (Fsp3) is 0.231. The third-order valence-electron chi connectivity index (χ3n) is 2.74. The summed E-state index contributed by atoms with van der Waals surface area (Å²) >= 11 is 0. The molecule has 2 rings (SSSR count). The molecule has 0 saturated carbocycles. The van der Waals surface area contributed by atoms with Gasteiger partial charge in [-0.3, -0.25) is 0 Å². The number of aryl methyl sites for hydroxylation is 1. The molecule has 1 aromatic carbocycles. The van der Waals surface area contributed by atoms with Gasteiger partial charge in [0.25, 0.3) is 0 Å². The third kappa shape index (κ3) is 2.78. The molecule has 0 atom stereocenters. The van der Waals surface area contributed by atoms with E-state index in [0.717, 1.165) is 24.3 Å². The molecule has 0 aliphatic heterocycles. The zero-order valence-electron chi connectivity index (χ0n) is 10.8. The number of alkyl halides is 5. The van der Waals surface area contributed by atoms with Crippen molar-refractivity contribution in [3.05, 3.63) is 40.2 Å². The van der Waals surface area contributed by atoms with E-state index in [0.29, 0.717) is 5.56 Å². The normalized spacial score (nSPS) is 12.5. The first-order valence-corrected chi connectivity index (χ1v) is 5.74. The lowest BCUT2D eigenvalue weighted by molar-refractivity contribution is -0.276. The van der Waals surface area contributed by atoms with Crippen molar-refractivity contribution < 1.29 is 35.9 Å². The zero-order valence-corrected chi connectivity index (χ0v) is 10.8. The molecule has 9 heteroatoms. The standard InChI is InChI=1S/C13H7F5O4/c1-6-4-10(19)22-9-3-2-7(5-8(6)9)21-11(20)12(14,15)13(16,17)18/h2-5H,1H3. The molecular formula is C13H7F5O4. The van der Waals surface area contributed by atoms with Gasteiger partial charge in [-0.25, -0.2) is 9.59 Å². The van der Waals surface area contributed by atoms with E-state index in [-0.39, 0.29) is 11.0 Å². The summed E-state index contributed by atoms with van der Waals surface area (Å²) in [5.74, 6) is -8.90. The summed E-state index contributed by atoms with van der Waals surface area (Å²) in [4.78, 5) is 22.1. The highest BCUT2D eigenvalue weighted by molar-refractivity contribution is 5.84. The second kappa shape index (κ2) is 5.08. The Morgan fingerprint density at radius 1 is 1.14 bits per heavy atom. The Bertz CT molecular complexity index is 791. The minimum Gasteiger partial charge on any atom is -0.423 e. The minimum atomic E-state index is -6.05. The van der Waals surface area contributed by atoms with Gasteiger partial charge in [0, 0.05) is 11.5 Å². The quantitative estimate of drug-likeness (QED) is 0.369. The Balaban J connectivity index is 2.37. The van der Waals surface area contributed by atoms with Gasteiger partial charge >= 0.3 is 23.7 Å². The molecule has 0 N–H and O–H groups in total. The number of fused-ring (bicyclic) bond motifs is 1. The van der Waals surface area contributed by atoms with Gasteiger partial charge in [-0.1, -0.05) is 0 Å². The topological polar surface area (TPSA) is 56.5 Å². The van der Waals surface area contributed by atoms with E-state index < -0.39 is 29.4 Å². The zero-order chi connectivity index (χ0) is 16.7. The summed E-state index contributed by atoms with van der Waals surface area (Å²) in [7, 11) is 0. The van der Waals surface area contributed by atoms with Gasteiger partial charge in [0.2, 0.25) is 0 Å². The smallest absolute Gasteiger partial charge is 0.423 e. The van der Waals surface area contributed by atoms with Crippen molar-refractivity contribution >= 4 is 16.9 Å². The number of rotatable bonds is 2. The molecule has 118 valence electrons. The van der Waals surface area contributed by atoms with Crippen LogP contribution in [0.2, 0.25) is 0 Å². The van der Waals surface area contributed by atoms with Crippen LogP contribution in [0.25, 0.3) is 11.0 Å². The number of halogens is 5. The number of carbonyl (C=O) groups excluding carboxylic acids is 1. The number of hydrogen-bond acceptors (Lipinski definition) is 4. The number of benzene rings is 1. The van der Waals surface area contributed by atoms with Gasteiger partial charge < -0.3 is 9.15 Å². The summed E-state index contributed by atoms with van der Waals surface area (Å²) in [5.41, 5.74) is -0.197. The maximum absolute atomic E-state index is 12.8. The van der Waals surface area contributed by atoms with Gasteiger partial charge in [0.05, 0.1) is 0 Å². The summed E-state index contributed by atoms with van der Waals surface area (Å²) in [6.07, 6.45) is -6.05. The Hall–Kier alpha value is -2.45. The van der Waals surface area contributed by atoms with Crippen LogP contribution in [-0.2, 0) is 4.79 Å². The van der Waals surface area contributed by atoms with Crippen molar-refractivity contribution in [1.29, 1.82) is 0 Å². The van der Waals surface area contributed by atoms with Crippen molar-refractivity contribution in [2.45, 2.75) is 19.0 Å². The van der Waals surface area contributed by atoms with Gasteiger partial charge in [-0.2, -0.15) is 22.0 Å². The van der Waals surface area contributed by atoms with E-state index >= 15 is 0 Å². The van der Waals surface area contributed by atoms with Crippen molar-refractivity contribution in [2.75, 3.05) is 0 Å². The maximum atomic E-state index is 12.8. The van der Waals surface area contributed by atoms with Crippen molar-refractivity contribution in [2.24, 2.45) is 0 Å². The largest absolute Gasteiger partial charge is 0.465 e. The molecule has 0 aliphatic carbocycles. The maximum Gasteiger partial charge on any atom is 0.465 e. The summed E-state index contributed by atoms with van der Waals surface area (Å²) in [6.45, 7) is 1.50. The van der Waals surface area contributed by atoms with Crippen molar-refractivity contribution in [3.63, 3.8) is 0 Å². The van der Waals surface area contributed by atoms with Gasteiger partial charge in [-0.05, 0) is 30.7 Å². The van der Waals surface area contributed by atoms with Crippen LogP contribution in [0.1, 0.15) is 5.56 Å². The van der Waals surface area contributed by atoms with E-state index in [1.54, 1.807) is 0 Å². The van der Waals surface area contributed by atoms with Crippen molar-refractivity contribution in [1.82, 2.24) is 0 Å². The monoisotopic (exact) mass is 322 g/mol. The molecule has 2 aromatic rings. The highest BCUT2D eigenvalue weighted by atomic mass is 19.4. The first-order valence-electron chi connectivity index (χ1n) is 5.74. The molecule has 0 amide bonds. The molecule has 0 unspecified atom stereocenters. The van der Waals surface area contributed by atoms with Gasteiger partial charge in [0.1, 0.15) is 11.3 Å². The lowest BCUT2D eigenvalue weighted by atomic mass is 10.1. The van der Waals surface area contributed by atoms with E-state index in [9.17, 15) is 31.5 Å². The van der Waals surface area contributed by atoms with Gasteiger partial charge in [-0.15, -0.1) is 0 Å². The highest BCUT2D eigenvalue weighted by Crippen LogP contribution is 2.37. The molecule has 4 nitrogen and oxygen atoms in total. The van der Waals surface area contributed by atoms with Crippen LogP contribution in [0, 0.1) is 6.92 Å². The van der Waals surface area contributed by atoms with Crippen molar-refractivity contribution in [3.8, 4) is 5.75 Å². The molecule has 1 aromatic heterocycles. The van der Waals surface area contributed by atoms with E-state index in [2.05, 4.69) is 4.74 Å². The Morgan fingerprint density at radius 3 is 2.36 bits per heavy atom. The average Bonchev–Trinajstić information content (AvgIpc) is 2.38. The molecule has 0 bridgehead atoms. The molecule has 22 heavy (non-hydrogen) atoms. The molecule has 1 heterocycles. The minimum absolute atomic E-state index is 0.0763. The Labute approximate surface area is 119 Å². The predicted molar refractivity (Wildman–Crippen MR) is 63.9 cm³/mol. The Morgan fingerprint density at radius 2 is 1.77 bits per heavy atom. The summed E-state index contributed by atoms with van der Waals surface area (Å²) in [6, 6.07) is 4.18. The average molecular weight is 322 g/mol. The molecule has 0 radical (unpaired) electrons. The summed E-state index contributed by atoms with van der Waals surface area (Å²) < 4.78 is 70.6. The van der Waals surface area contributed by atoms with E-state index in [1.807, 2.05) is 0 Å². The molecule has 0 aliphatic rings. The number of ether oxygens (including phenoxy) is 1. The van der Waals surface area contributed by atoms with Crippen LogP contribution in [0.3, 0.4) is 0 Å². The second-order valence-electron chi connectivity index (χ2n) is 4.37. The predicted octanol–water partition coefficient (Wildman–Crippen LogP) is 3.20. The van der Waals surface area contributed by atoms with Gasteiger partial charge in [0.15, 0.2) is 0 Å². The van der Waals surface area contributed by atoms with Crippen LogP contribution in [0.5, 0.6) is 5.75 Å². The lowest BCUT2D eigenvalue weighted by Gasteiger charge is -2.17. The first kappa shape index (κ1) is 15.9. The van der Waals surface area contributed by atoms with Crippen LogP contribution in [-0.4, -0.2) is 18.1 Å². The van der Waals surface area contributed by atoms with E-state index in [1.165, 1.54) is 6.92 Å². The number of esters is 1. The fourth-order valence-electron chi connectivity index (χ4n) is 1.65. The van der Waals surface area contributed by atoms with Crippen LogP contribution < -0.4 is 10.4 Å². The van der Waals surface area contributed by atoms with Crippen LogP contribution in [0.4, 0.5) is 22.0 Å². The second-order valence-corrected chi connectivity index (χ2v) is 4.37. The fourth-order valence-corrected chi connectivity index (χ4v) is 1.65. The van der Waals surface area contributed by atoms with Crippen LogP contribution in [0.15, 0.2) is 33.5 Å². The third-order valence-corrected chi connectivity index (χ3v) is 2.74. The number of hydrogen-bond donors (Lipinski definition) is 0. The molecule has 0 saturated heterocycles. The molecular weight excluding hydrogens is 315 g/mol. The van der Waals surface area contributed by atoms with Crippen LogP contribution >= 0.6 is 0 Å². The highest BCUT2D eigenvalue weighted by Gasteiger charge is 2.65. The first-order chi connectivity index (χ1) is 10.0. The Kier molecular flexibility index (Phi) is 3.68. The molecule has 0 fully saturated rings. The molecule has 0 spiro atoms. The SMILES string of the molecule is Cc1cc(=O)oc2ccc(OC(=O)C(F)(F)C(F)(F)F)cc12. The number of carbonyl (C=O) groups is 1. The lowest BCUT2D eigenvalue weighted by Crippen LogP contribution is -2.46.